The molecule has 1 saturated heterocycles. The minimum Gasteiger partial charge on any atom is -0.494 e. The van der Waals surface area contributed by atoms with Crippen LogP contribution in [0.3, 0.4) is 0 Å². The molecule has 202 valence electrons. The Bertz CT molecular complexity index is 1080. The molecule has 0 spiro atoms. The van der Waals surface area contributed by atoms with Crippen molar-refractivity contribution in [1.82, 2.24) is 14.5 Å². The Kier molecular flexibility index (Phi) is 8.45. The number of hydrogen-bond donors (Lipinski definition) is 3. The second kappa shape index (κ2) is 11.7. The quantitative estimate of drug-likeness (QED) is 0.363. The number of amides is 1. The summed E-state index contributed by atoms with van der Waals surface area (Å²) in [5, 5.41) is 31.9. The molecule has 2 aliphatic heterocycles. The molecule has 3 N–H and O–H groups in total. The number of aromatic nitrogens is 1. The molecule has 1 fully saturated rings. The molecule has 1 unspecified atom stereocenters. The van der Waals surface area contributed by atoms with Crippen LogP contribution in [0, 0.1) is 5.92 Å². The van der Waals surface area contributed by atoms with Crippen LogP contribution in [0.5, 0.6) is 23.3 Å². The molecule has 11 heteroatoms. The highest BCUT2D eigenvalue weighted by molar-refractivity contribution is 5.78. The van der Waals surface area contributed by atoms with Crippen LogP contribution >= 0.6 is 0 Å². The molecule has 0 bridgehead atoms. The normalized spacial score (nSPS) is 20.9. The van der Waals surface area contributed by atoms with Gasteiger partial charge in [-0.15, -0.1) is 0 Å². The van der Waals surface area contributed by atoms with Crippen molar-refractivity contribution in [2.24, 2.45) is 5.92 Å². The number of ether oxygens (including phenoxy) is 2. The molecule has 4 rings (SSSR count). The smallest absolute Gasteiger partial charge is 0.308 e. The number of benzene rings is 1. The first kappa shape index (κ1) is 26.6. The molecular weight excluding hydrogens is 482 g/mol. The zero-order valence-electron chi connectivity index (χ0n) is 21.2. The van der Waals surface area contributed by atoms with E-state index in [2.05, 4.69) is 0 Å². The summed E-state index contributed by atoms with van der Waals surface area (Å²) < 4.78 is 12.2. The average Bonchev–Trinajstić information content (AvgIpc) is 3.57. The highest BCUT2D eigenvalue weighted by Gasteiger charge is 2.47. The molecular formula is C26H35N3O8. The van der Waals surface area contributed by atoms with E-state index < -0.39 is 23.8 Å². The molecule has 11 nitrogen and oxygen atoms in total. The molecule has 1 aromatic carbocycles. The third-order valence-electron chi connectivity index (χ3n) is 6.94. The van der Waals surface area contributed by atoms with Crippen LogP contribution in [-0.4, -0.2) is 80.8 Å². The predicted molar refractivity (Wildman–Crippen MR) is 132 cm³/mol. The first-order chi connectivity index (χ1) is 17.8. The molecule has 0 saturated carbocycles. The van der Waals surface area contributed by atoms with Crippen LogP contribution in [-0.2, 0) is 21.0 Å². The van der Waals surface area contributed by atoms with Crippen LogP contribution in [0.1, 0.15) is 44.6 Å². The van der Waals surface area contributed by atoms with E-state index in [-0.39, 0.29) is 37.5 Å². The van der Waals surface area contributed by atoms with Gasteiger partial charge < -0.3 is 24.8 Å². The molecule has 0 aliphatic carbocycles. The van der Waals surface area contributed by atoms with Gasteiger partial charge in [0.2, 0.25) is 6.79 Å². The van der Waals surface area contributed by atoms with Gasteiger partial charge in [-0.25, -0.2) is 5.06 Å². The van der Waals surface area contributed by atoms with E-state index in [1.54, 1.807) is 6.07 Å². The van der Waals surface area contributed by atoms with E-state index in [0.717, 1.165) is 18.4 Å². The minimum atomic E-state index is -0.976. The Labute approximate surface area is 215 Å². The van der Waals surface area contributed by atoms with Gasteiger partial charge in [-0.3, -0.25) is 23.9 Å². The fourth-order valence-corrected chi connectivity index (χ4v) is 5.19. The van der Waals surface area contributed by atoms with Crippen molar-refractivity contribution in [3.63, 3.8) is 0 Å². The molecule has 2 aliphatic rings. The summed E-state index contributed by atoms with van der Waals surface area (Å²) >= 11 is 0. The van der Waals surface area contributed by atoms with Gasteiger partial charge in [-0.05, 0) is 37.0 Å². The molecule has 37 heavy (non-hydrogen) atoms. The van der Waals surface area contributed by atoms with Crippen LogP contribution in [0.15, 0.2) is 30.3 Å². The lowest BCUT2D eigenvalue weighted by atomic mass is 9.84. The van der Waals surface area contributed by atoms with Crippen molar-refractivity contribution in [3.8, 4) is 23.3 Å². The fourth-order valence-electron chi connectivity index (χ4n) is 5.19. The third-order valence-corrected chi connectivity index (χ3v) is 6.94. The Hall–Kier alpha value is -3.44. The van der Waals surface area contributed by atoms with Crippen molar-refractivity contribution in [3.05, 3.63) is 35.9 Å². The van der Waals surface area contributed by atoms with Gasteiger partial charge in [-0.2, -0.15) is 0 Å². The lowest BCUT2D eigenvalue weighted by Gasteiger charge is -2.29. The van der Waals surface area contributed by atoms with Crippen molar-refractivity contribution in [1.29, 1.82) is 0 Å². The van der Waals surface area contributed by atoms with E-state index in [1.165, 1.54) is 21.8 Å². The Morgan fingerprint density at radius 2 is 1.81 bits per heavy atom. The van der Waals surface area contributed by atoms with Crippen molar-refractivity contribution < 1.29 is 39.2 Å². The number of aromatic hydroxyl groups is 2. The number of fused-ring (bicyclic) bond motifs is 1. The first-order valence-electron chi connectivity index (χ1n) is 12.7. The summed E-state index contributed by atoms with van der Waals surface area (Å²) in [7, 11) is 0. The molecule has 0 radical (unpaired) electrons. The largest absolute Gasteiger partial charge is 0.494 e. The SMILES string of the molecule is CCCON(CCC)C(=O)CN1C[C@H](c2ccc3c(c2)OCO3)C(C(=O)O)[C@@H]1CCn1c(O)ccc1O. The second-order valence-corrected chi connectivity index (χ2v) is 9.40. The van der Waals surface area contributed by atoms with Gasteiger partial charge >= 0.3 is 5.97 Å². The van der Waals surface area contributed by atoms with Crippen molar-refractivity contribution >= 4 is 11.9 Å². The zero-order chi connectivity index (χ0) is 26.5. The lowest BCUT2D eigenvalue weighted by Crippen LogP contribution is -2.44. The second-order valence-electron chi connectivity index (χ2n) is 9.40. The number of rotatable bonds is 12. The molecule has 3 heterocycles. The van der Waals surface area contributed by atoms with Crippen molar-refractivity contribution in [2.75, 3.05) is 33.0 Å². The molecule has 1 aromatic heterocycles. The van der Waals surface area contributed by atoms with E-state index in [9.17, 15) is 24.9 Å². The van der Waals surface area contributed by atoms with Crippen LogP contribution in [0.4, 0.5) is 0 Å². The summed E-state index contributed by atoms with van der Waals surface area (Å²) in [5.74, 6) is -1.49. The molecule has 3 atom stereocenters. The highest BCUT2D eigenvalue weighted by Crippen LogP contribution is 2.43. The topological polar surface area (TPSA) is 134 Å². The summed E-state index contributed by atoms with van der Waals surface area (Å²) in [6.45, 7) is 5.40. The maximum absolute atomic E-state index is 13.2. The van der Waals surface area contributed by atoms with E-state index >= 15 is 0 Å². The number of carboxylic acid groups (broad SMARTS) is 1. The standard InChI is InChI=1S/C26H35N3O8/c1-3-10-29(37-12-4-2)24(32)15-27-14-18(17-5-6-20-21(13-17)36-16-35-20)25(26(33)34)19(27)9-11-28-22(30)7-8-23(28)31/h5-8,13,18-19,25,30-31H,3-4,9-12,14-16H2,1-2H3,(H,33,34)/t18-,19+,25?/m1/s1. The van der Waals surface area contributed by atoms with Gasteiger partial charge in [0, 0.05) is 43.7 Å². The van der Waals surface area contributed by atoms with Crippen LogP contribution < -0.4 is 9.47 Å². The number of carbonyl (C=O) groups excluding carboxylic acids is 1. The number of carbonyl (C=O) groups is 2. The number of hydrogen-bond acceptors (Lipinski definition) is 8. The zero-order valence-corrected chi connectivity index (χ0v) is 21.2. The third kappa shape index (κ3) is 5.78. The summed E-state index contributed by atoms with van der Waals surface area (Å²) in [6, 6.07) is 7.65. The lowest BCUT2D eigenvalue weighted by molar-refractivity contribution is -0.188. The number of aliphatic carboxylic acids is 1. The minimum absolute atomic E-state index is 0.0111. The Morgan fingerprint density at radius 1 is 1.08 bits per heavy atom. The first-order valence-corrected chi connectivity index (χ1v) is 12.7. The van der Waals surface area contributed by atoms with E-state index in [0.29, 0.717) is 37.6 Å². The van der Waals surface area contributed by atoms with Crippen molar-refractivity contribution in [2.45, 2.75) is 51.6 Å². The predicted octanol–water partition coefficient (Wildman–Crippen LogP) is 2.77. The summed E-state index contributed by atoms with van der Waals surface area (Å²) in [6.07, 6.45) is 1.78. The summed E-state index contributed by atoms with van der Waals surface area (Å²) in [5.41, 5.74) is 0.788. The summed E-state index contributed by atoms with van der Waals surface area (Å²) in [4.78, 5) is 33.4. The molecule has 1 amide bonds. The Morgan fingerprint density at radius 3 is 2.49 bits per heavy atom. The van der Waals surface area contributed by atoms with Gasteiger partial charge in [0.05, 0.1) is 19.1 Å². The van der Waals surface area contributed by atoms with Gasteiger partial charge in [0.25, 0.3) is 5.91 Å². The van der Waals surface area contributed by atoms with Gasteiger partial charge in [0.1, 0.15) is 0 Å². The number of likely N-dealkylation sites (tertiary alicyclic amines) is 1. The maximum atomic E-state index is 13.2. The Balaban J connectivity index is 1.61. The van der Waals surface area contributed by atoms with E-state index in [1.807, 2.05) is 30.9 Å². The highest BCUT2D eigenvalue weighted by atomic mass is 16.7. The van der Waals surface area contributed by atoms with Gasteiger partial charge in [0.15, 0.2) is 23.3 Å². The maximum Gasteiger partial charge on any atom is 0.308 e. The van der Waals surface area contributed by atoms with Gasteiger partial charge in [-0.1, -0.05) is 19.9 Å². The molecule has 2 aromatic rings. The monoisotopic (exact) mass is 517 g/mol. The average molecular weight is 518 g/mol. The number of nitrogens with zero attached hydrogens (tertiary/aromatic N) is 3. The fraction of sp³-hybridized carbons (Fsp3) is 0.538. The van der Waals surface area contributed by atoms with E-state index in [4.69, 9.17) is 14.3 Å². The van der Waals surface area contributed by atoms with Crippen LogP contribution in [0.25, 0.3) is 0 Å². The van der Waals surface area contributed by atoms with Crippen LogP contribution in [0.2, 0.25) is 0 Å². The number of hydroxylamine groups is 2. The number of carboxylic acids is 1.